The molecule has 3 nitrogen and oxygen atoms in total. The molecule has 0 spiro atoms. The van der Waals surface area contributed by atoms with Gasteiger partial charge >= 0.3 is 0 Å². The summed E-state index contributed by atoms with van der Waals surface area (Å²) >= 11 is 0. The molecule has 13 heavy (non-hydrogen) atoms. The first-order valence-corrected chi connectivity index (χ1v) is 4.56. The summed E-state index contributed by atoms with van der Waals surface area (Å²) in [7, 11) is 0. The second-order valence-electron chi connectivity index (χ2n) is 4.07. The van der Waals surface area contributed by atoms with Crippen LogP contribution in [0.2, 0.25) is 0 Å². The quantitative estimate of drug-likeness (QED) is 0.664. The third-order valence-electron chi connectivity index (χ3n) is 1.90. The molecule has 1 aliphatic heterocycles. The minimum atomic E-state index is -0.579. The van der Waals surface area contributed by atoms with Crippen LogP contribution in [-0.2, 0) is 9.47 Å². The van der Waals surface area contributed by atoms with Crippen molar-refractivity contribution in [2.45, 2.75) is 45.7 Å². The molecule has 0 unspecified atom stereocenters. The van der Waals surface area contributed by atoms with E-state index in [0.29, 0.717) is 0 Å². The molecule has 0 aromatic heterocycles. The zero-order chi connectivity index (χ0) is 10.1. The van der Waals surface area contributed by atoms with Gasteiger partial charge in [0.15, 0.2) is 5.79 Å². The predicted molar refractivity (Wildman–Crippen MR) is 50.3 cm³/mol. The van der Waals surface area contributed by atoms with Gasteiger partial charge in [-0.15, -0.1) is 0 Å². The number of ether oxygens (including phenoxy) is 2. The van der Waals surface area contributed by atoms with Crippen LogP contribution in [0.25, 0.3) is 0 Å². The summed E-state index contributed by atoms with van der Waals surface area (Å²) in [6.07, 6.45) is 1.63. The van der Waals surface area contributed by atoms with Gasteiger partial charge in [-0.05, 0) is 27.7 Å². The molecule has 2 atom stereocenters. The van der Waals surface area contributed by atoms with Gasteiger partial charge in [-0.1, -0.05) is 11.6 Å². The number of allylic oxidation sites excluding steroid dienone is 1. The molecule has 1 heterocycles. The van der Waals surface area contributed by atoms with Gasteiger partial charge in [0.05, 0.1) is 6.61 Å². The molecule has 76 valence electrons. The standard InChI is InChI=1S/C10H18O3/c1-7(2)5-8-9(6-11)13-10(3,4)12-8/h5,8-9,11H,6H2,1-4H3/t8-,9+/m1/s1. The predicted octanol–water partition coefficient (Wildman–Crippen LogP) is 1.47. The van der Waals surface area contributed by atoms with E-state index in [1.54, 1.807) is 0 Å². The first kappa shape index (κ1) is 10.7. The highest BCUT2D eigenvalue weighted by atomic mass is 16.8. The summed E-state index contributed by atoms with van der Waals surface area (Å²) < 4.78 is 11.1. The van der Waals surface area contributed by atoms with Gasteiger partial charge < -0.3 is 14.6 Å². The van der Waals surface area contributed by atoms with E-state index in [1.165, 1.54) is 5.57 Å². The SMILES string of the molecule is CC(C)=C[C@H]1OC(C)(C)O[C@H]1CO. The summed E-state index contributed by atoms with van der Waals surface area (Å²) in [5.74, 6) is -0.579. The molecule has 1 aliphatic rings. The van der Waals surface area contributed by atoms with E-state index in [2.05, 4.69) is 0 Å². The van der Waals surface area contributed by atoms with E-state index in [1.807, 2.05) is 33.8 Å². The highest BCUT2D eigenvalue weighted by Gasteiger charge is 2.39. The van der Waals surface area contributed by atoms with Gasteiger partial charge in [0.2, 0.25) is 0 Å². The van der Waals surface area contributed by atoms with Crippen LogP contribution in [0, 0.1) is 0 Å². The largest absolute Gasteiger partial charge is 0.394 e. The van der Waals surface area contributed by atoms with Crippen LogP contribution in [0.15, 0.2) is 11.6 Å². The maximum Gasteiger partial charge on any atom is 0.164 e. The maximum absolute atomic E-state index is 9.05. The Hall–Kier alpha value is -0.380. The molecule has 1 N–H and O–H groups in total. The lowest BCUT2D eigenvalue weighted by Gasteiger charge is -2.16. The van der Waals surface area contributed by atoms with Crippen LogP contribution in [0.3, 0.4) is 0 Å². The molecule has 0 amide bonds. The topological polar surface area (TPSA) is 38.7 Å². The Balaban J connectivity index is 2.69. The minimum absolute atomic E-state index is 0.00211. The normalized spacial score (nSPS) is 31.8. The van der Waals surface area contributed by atoms with Crippen molar-refractivity contribution in [1.82, 2.24) is 0 Å². The Kier molecular flexibility index (Phi) is 3.11. The fourth-order valence-electron chi connectivity index (χ4n) is 1.47. The van der Waals surface area contributed by atoms with E-state index in [0.717, 1.165) is 0 Å². The zero-order valence-corrected chi connectivity index (χ0v) is 8.70. The van der Waals surface area contributed by atoms with Crippen molar-refractivity contribution < 1.29 is 14.6 Å². The molecule has 0 aromatic rings. The van der Waals surface area contributed by atoms with Gasteiger partial charge in [-0.3, -0.25) is 0 Å². The van der Waals surface area contributed by atoms with Crippen LogP contribution in [-0.4, -0.2) is 29.7 Å². The van der Waals surface area contributed by atoms with Gasteiger partial charge in [0.25, 0.3) is 0 Å². The molecular weight excluding hydrogens is 168 g/mol. The second-order valence-corrected chi connectivity index (χ2v) is 4.07. The van der Waals surface area contributed by atoms with Crippen molar-refractivity contribution in [3.8, 4) is 0 Å². The Labute approximate surface area is 79.3 Å². The molecule has 0 bridgehead atoms. The summed E-state index contributed by atoms with van der Waals surface area (Å²) in [4.78, 5) is 0. The number of rotatable bonds is 2. The summed E-state index contributed by atoms with van der Waals surface area (Å²) in [5.41, 5.74) is 1.17. The van der Waals surface area contributed by atoms with Crippen molar-refractivity contribution in [1.29, 1.82) is 0 Å². The molecule has 1 fully saturated rings. The van der Waals surface area contributed by atoms with Crippen molar-refractivity contribution in [2.75, 3.05) is 6.61 Å². The van der Waals surface area contributed by atoms with E-state index in [4.69, 9.17) is 14.6 Å². The van der Waals surface area contributed by atoms with Crippen molar-refractivity contribution >= 4 is 0 Å². The van der Waals surface area contributed by atoms with Gasteiger partial charge in [0, 0.05) is 0 Å². The van der Waals surface area contributed by atoms with Gasteiger partial charge in [-0.2, -0.15) is 0 Å². The Bertz CT molecular complexity index is 204. The van der Waals surface area contributed by atoms with Gasteiger partial charge in [0.1, 0.15) is 12.2 Å². The van der Waals surface area contributed by atoms with Gasteiger partial charge in [-0.25, -0.2) is 0 Å². The molecule has 1 rings (SSSR count). The monoisotopic (exact) mass is 186 g/mol. The van der Waals surface area contributed by atoms with Crippen molar-refractivity contribution in [3.63, 3.8) is 0 Å². The smallest absolute Gasteiger partial charge is 0.164 e. The fourth-order valence-corrected chi connectivity index (χ4v) is 1.47. The van der Waals surface area contributed by atoms with Crippen LogP contribution in [0.5, 0.6) is 0 Å². The lowest BCUT2D eigenvalue weighted by Crippen LogP contribution is -2.24. The number of aliphatic hydroxyl groups is 1. The van der Waals surface area contributed by atoms with E-state index in [9.17, 15) is 0 Å². The summed E-state index contributed by atoms with van der Waals surface area (Å²) in [5, 5.41) is 9.05. The molecule has 0 radical (unpaired) electrons. The van der Waals surface area contributed by atoms with Crippen LogP contribution in [0.1, 0.15) is 27.7 Å². The molecular formula is C10H18O3. The van der Waals surface area contributed by atoms with Crippen LogP contribution >= 0.6 is 0 Å². The lowest BCUT2D eigenvalue weighted by molar-refractivity contribution is -0.146. The first-order valence-electron chi connectivity index (χ1n) is 4.56. The molecule has 0 saturated carbocycles. The van der Waals surface area contributed by atoms with E-state index >= 15 is 0 Å². The number of aliphatic hydroxyl groups excluding tert-OH is 1. The average molecular weight is 186 g/mol. The van der Waals surface area contributed by atoms with Crippen LogP contribution < -0.4 is 0 Å². The lowest BCUT2D eigenvalue weighted by atomic mass is 10.1. The fraction of sp³-hybridized carbons (Fsp3) is 0.800. The van der Waals surface area contributed by atoms with E-state index < -0.39 is 5.79 Å². The highest BCUT2D eigenvalue weighted by Crippen LogP contribution is 2.28. The Morgan fingerprint density at radius 3 is 2.46 bits per heavy atom. The maximum atomic E-state index is 9.05. The second kappa shape index (κ2) is 3.78. The molecule has 0 aromatic carbocycles. The number of hydrogen-bond donors (Lipinski definition) is 1. The zero-order valence-electron chi connectivity index (χ0n) is 8.70. The third-order valence-corrected chi connectivity index (χ3v) is 1.90. The molecule has 1 saturated heterocycles. The number of hydrogen-bond acceptors (Lipinski definition) is 3. The Morgan fingerprint density at radius 1 is 1.38 bits per heavy atom. The molecule has 3 heteroatoms. The van der Waals surface area contributed by atoms with Crippen LogP contribution in [0.4, 0.5) is 0 Å². The summed E-state index contributed by atoms with van der Waals surface area (Å²) in [6, 6.07) is 0. The third kappa shape index (κ3) is 2.79. The van der Waals surface area contributed by atoms with E-state index in [-0.39, 0.29) is 18.8 Å². The minimum Gasteiger partial charge on any atom is -0.394 e. The molecule has 0 aliphatic carbocycles. The highest BCUT2D eigenvalue weighted by molar-refractivity contribution is 5.03. The van der Waals surface area contributed by atoms with Crippen molar-refractivity contribution in [3.05, 3.63) is 11.6 Å². The Morgan fingerprint density at radius 2 is 2.00 bits per heavy atom. The van der Waals surface area contributed by atoms with Crippen molar-refractivity contribution in [2.24, 2.45) is 0 Å². The summed E-state index contributed by atoms with van der Waals surface area (Å²) in [6.45, 7) is 7.72. The first-order chi connectivity index (χ1) is 5.94. The average Bonchev–Trinajstić information content (AvgIpc) is 2.24.